The molecule has 138 valence electrons. The molecule has 1 aromatic carbocycles. The highest BCUT2D eigenvalue weighted by Gasteiger charge is 2.32. The van der Waals surface area contributed by atoms with Crippen molar-refractivity contribution in [2.24, 2.45) is 0 Å². The molecule has 0 spiro atoms. The summed E-state index contributed by atoms with van der Waals surface area (Å²) in [5.74, 6) is 0.174. The Labute approximate surface area is 158 Å². The van der Waals surface area contributed by atoms with Crippen LogP contribution < -0.4 is 4.90 Å². The molecule has 0 aromatic heterocycles. The average molecular weight is 407 g/mol. The number of halogens is 2. The summed E-state index contributed by atoms with van der Waals surface area (Å²) in [6.07, 6.45) is 2.16. The first kappa shape index (κ1) is 18.9. The number of sulfonamides is 1. The van der Waals surface area contributed by atoms with Crippen LogP contribution in [0.3, 0.4) is 0 Å². The number of amides is 1. The fourth-order valence-corrected chi connectivity index (χ4v) is 5.13. The fraction of sp³-hybridized carbons (Fsp3) is 0.562. The molecule has 0 atom stereocenters. The smallest absolute Gasteiger partial charge is 0.277 e. The Balaban J connectivity index is 1.59. The van der Waals surface area contributed by atoms with Crippen molar-refractivity contribution in [3.63, 3.8) is 0 Å². The Hall–Kier alpha value is -0.860. The van der Waals surface area contributed by atoms with Crippen LogP contribution in [0.5, 0.6) is 0 Å². The first-order valence-electron chi connectivity index (χ1n) is 8.44. The molecule has 3 rings (SSSR count). The van der Waals surface area contributed by atoms with Crippen molar-refractivity contribution in [2.75, 3.05) is 45.8 Å². The highest BCUT2D eigenvalue weighted by Crippen LogP contribution is 2.26. The summed E-state index contributed by atoms with van der Waals surface area (Å²) in [5.41, 5.74) is 0. The summed E-state index contributed by atoms with van der Waals surface area (Å²) < 4.78 is 26.9. The van der Waals surface area contributed by atoms with Crippen LogP contribution >= 0.6 is 23.2 Å². The number of likely N-dealkylation sites (tertiary alicyclic amines) is 1. The topological polar surface area (TPSA) is 62.1 Å². The maximum Gasteiger partial charge on any atom is 0.277 e. The summed E-state index contributed by atoms with van der Waals surface area (Å²) in [4.78, 5) is 15.4. The maximum atomic E-state index is 12.7. The predicted molar refractivity (Wildman–Crippen MR) is 96.6 cm³/mol. The molecule has 0 saturated carbocycles. The molecule has 2 aliphatic heterocycles. The molecule has 9 heteroatoms. The van der Waals surface area contributed by atoms with E-state index in [0.717, 1.165) is 30.8 Å². The van der Waals surface area contributed by atoms with Crippen molar-refractivity contribution in [1.82, 2.24) is 9.21 Å². The third-order valence-corrected chi connectivity index (χ3v) is 7.45. The van der Waals surface area contributed by atoms with E-state index in [9.17, 15) is 13.2 Å². The van der Waals surface area contributed by atoms with Crippen molar-refractivity contribution in [3.8, 4) is 0 Å². The summed E-state index contributed by atoms with van der Waals surface area (Å²) >= 11 is 11.8. The van der Waals surface area contributed by atoms with Crippen LogP contribution in [-0.4, -0.2) is 69.3 Å². The number of rotatable bonds is 4. The Morgan fingerprint density at radius 3 is 2.28 bits per heavy atom. The molecule has 0 aliphatic carbocycles. The van der Waals surface area contributed by atoms with Gasteiger partial charge in [0.15, 0.2) is 6.54 Å². The monoisotopic (exact) mass is 406 g/mol. The van der Waals surface area contributed by atoms with Gasteiger partial charge in [-0.1, -0.05) is 23.2 Å². The van der Waals surface area contributed by atoms with E-state index < -0.39 is 10.0 Å². The highest BCUT2D eigenvalue weighted by atomic mass is 35.5. The Kier molecular flexibility index (Phi) is 5.90. The predicted octanol–water partition coefficient (Wildman–Crippen LogP) is 0.505. The number of quaternary nitrogens is 1. The number of nitrogens with one attached hydrogen (secondary N) is 1. The second-order valence-electron chi connectivity index (χ2n) is 6.49. The quantitative estimate of drug-likeness (QED) is 0.791. The van der Waals surface area contributed by atoms with Crippen LogP contribution in [0.1, 0.15) is 12.8 Å². The standard InChI is InChI=1S/C16H21Cl2N3O3S/c17-14-4-3-13(11-15(14)18)25(23,24)21-9-7-19(8-10-21)12-16(22)20-5-1-2-6-20/h3-4,11H,1-2,5-10,12H2/p+1. The Bertz CT molecular complexity index is 743. The lowest BCUT2D eigenvalue weighted by atomic mass is 10.3. The van der Waals surface area contributed by atoms with E-state index in [-0.39, 0.29) is 15.8 Å². The van der Waals surface area contributed by atoms with Crippen molar-refractivity contribution >= 4 is 39.1 Å². The number of nitrogens with zero attached hydrogens (tertiary/aromatic N) is 2. The normalized spacial score (nSPS) is 20.2. The van der Waals surface area contributed by atoms with E-state index in [1.54, 1.807) is 0 Å². The lowest BCUT2D eigenvalue weighted by Crippen LogP contribution is -3.15. The molecule has 1 amide bonds. The van der Waals surface area contributed by atoms with Crippen molar-refractivity contribution in [3.05, 3.63) is 28.2 Å². The summed E-state index contributed by atoms with van der Waals surface area (Å²) in [6, 6.07) is 4.35. The summed E-state index contributed by atoms with van der Waals surface area (Å²) in [5, 5.41) is 0.554. The zero-order valence-electron chi connectivity index (χ0n) is 13.9. The number of hydrogen-bond acceptors (Lipinski definition) is 3. The number of hydrogen-bond donors (Lipinski definition) is 1. The first-order chi connectivity index (χ1) is 11.9. The summed E-state index contributed by atoms with van der Waals surface area (Å²) in [6.45, 7) is 4.19. The van der Waals surface area contributed by atoms with Crippen molar-refractivity contribution in [1.29, 1.82) is 0 Å². The molecule has 6 nitrogen and oxygen atoms in total. The second-order valence-corrected chi connectivity index (χ2v) is 9.25. The van der Waals surface area contributed by atoms with Crippen molar-refractivity contribution in [2.45, 2.75) is 17.7 Å². The van der Waals surface area contributed by atoms with E-state index in [1.165, 1.54) is 22.5 Å². The fourth-order valence-electron chi connectivity index (χ4n) is 3.30. The van der Waals surface area contributed by atoms with E-state index in [0.29, 0.717) is 37.7 Å². The highest BCUT2D eigenvalue weighted by molar-refractivity contribution is 7.89. The molecule has 1 N–H and O–H groups in total. The maximum absolute atomic E-state index is 12.7. The largest absolute Gasteiger partial charge is 0.338 e. The van der Waals surface area contributed by atoms with Crippen LogP contribution in [0.2, 0.25) is 10.0 Å². The lowest BCUT2D eigenvalue weighted by molar-refractivity contribution is -0.896. The third kappa shape index (κ3) is 4.28. The van der Waals surface area contributed by atoms with Gasteiger partial charge >= 0.3 is 0 Å². The van der Waals surface area contributed by atoms with Gasteiger partial charge in [-0.05, 0) is 31.0 Å². The molecule has 0 unspecified atom stereocenters. The van der Waals surface area contributed by atoms with Crippen LogP contribution in [0.4, 0.5) is 0 Å². The minimum Gasteiger partial charge on any atom is -0.338 e. The van der Waals surface area contributed by atoms with Gasteiger partial charge in [0.25, 0.3) is 5.91 Å². The van der Waals surface area contributed by atoms with E-state index >= 15 is 0 Å². The third-order valence-electron chi connectivity index (χ3n) is 4.82. The van der Waals surface area contributed by atoms with Gasteiger partial charge in [0.2, 0.25) is 10.0 Å². The van der Waals surface area contributed by atoms with Gasteiger partial charge in [-0.15, -0.1) is 0 Å². The molecule has 0 radical (unpaired) electrons. The number of carbonyl (C=O) groups is 1. The zero-order valence-corrected chi connectivity index (χ0v) is 16.2. The molecule has 2 saturated heterocycles. The van der Waals surface area contributed by atoms with Crippen LogP contribution in [0, 0.1) is 0 Å². The van der Waals surface area contributed by atoms with E-state index in [1.807, 2.05) is 4.90 Å². The van der Waals surface area contributed by atoms with Gasteiger partial charge in [0, 0.05) is 13.1 Å². The van der Waals surface area contributed by atoms with Gasteiger partial charge in [0.1, 0.15) is 0 Å². The molecular formula is C16H22Cl2N3O3S+. The Morgan fingerprint density at radius 2 is 1.68 bits per heavy atom. The first-order valence-corrected chi connectivity index (χ1v) is 10.6. The zero-order chi connectivity index (χ0) is 18.0. The van der Waals surface area contributed by atoms with Gasteiger partial charge in [-0.3, -0.25) is 4.79 Å². The average Bonchev–Trinajstić information content (AvgIpc) is 3.12. The van der Waals surface area contributed by atoms with Gasteiger partial charge in [0.05, 0.1) is 41.1 Å². The molecular weight excluding hydrogens is 385 g/mol. The molecule has 2 heterocycles. The SMILES string of the molecule is O=C(C[NH+]1CCN(S(=O)(=O)c2ccc(Cl)c(Cl)c2)CC1)N1CCCC1. The van der Waals surface area contributed by atoms with Crippen LogP contribution in [0.15, 0.2) is 23.1 Å². The van der Waals surface area contributed by atoms with E-state index in [4.69, 9.17) is 23.2 Å². The number of piperazine rings is 1. The Morgan fingerprint density at radius 1 is 1.04 bits per heavy atom. The minimum absolute atomic E-state index is 0.151. The minimum atomic E-state index is -3.59. The number of benzene rings is 1. The van der Waals surface area contributed by atoms with Crippen LogP contribution in [-0.2, 0) is 14.8 Å². The number of carbonyl (C=O) groups excluding carboxylic acids is 1. The van der Waals surface area contributed by atoms with Gasteiger partial charge < -0.3 is 9.80 Å². The second kappa shape index (κ2) is 7.80. The molecule has 1 aromatic rings. The molecule has 25 heavy (non-hydrogen) atoms. The molecule has 2 aliphatic rings. The van der Waals surface area contributed by atoms with E-state index in [2.05, 4.69) is 0 Å². The lowest BCUT2D eigenvalue weighted by Gasteiger charge is -2.32. The molecule has 2 fully saturated rings. The van der Waals surface area contributed by atoms with Crippen molar-refractivity contribution < 1.29 is 18.1 Å². The van der Waals surface area contributed by atoms with Gasteiger partial charge in [-0.2, -0.15) is 4.31 Å². The van der Waals surface area contributed by atoms with Crippen LogP contribution in [0.25, 0.3) is 0 Å². The van der Waals surface area contributed by atoms with Gasteiger partial charge in [-0.25, -0.2) is 8.42 Å². The summed E-state index contributed by atoms with van der Waals surface area (Å²) in [7, 11) is -3.59. The molecule has 0 bridgehead atoms.